The lowest BCUT2D eigenvalue weighted by molar-refractivity contribution is -0.140. The molecule has 0 bridgehead atoms. The molecule has 1 aliphatic carbocycles. The van der Waals surface area contributed by atoms with Crippen molar-refractivity contribution in [2.45, 2.75) is 102 Å². The minimum atomic E-state index is -0.721. The van der Waals surface area contributed by atoms with Gasteiger partial charge in [0.15, 0.2) is 11.6 Å². The van der Waals surface area contributed by atoms with E-state index in [1.54, 1.807) is 18.2 Å². The molecule has 2 rings (SSSR count). The Balaban J connectivity index is 1.94. The summed E-state index contributed by atoms with van der Waals surface area (Å²) in [5, 5.41) is 24.7. The van der Waals surface area contributed by atoms with Crippen molar-refractivity contribution in [1.29, 1.82) is 0 Å². The molecule has 5 atom stereocenters. The number of rotatable bonds is 14. The fourth-order valence-electron chi connectivity index (χ4n) is 5.18. The average Bonchev–Trinajstić information content (AvgIpc) is 3.07. The third kappa shape index (κ3) is 7.40. The summed E-state index contributed by atoms with van der Waals surface area (Å²) in [6.07, 6.45) is 5.80. The third-order valence-electron chi connectivity index (χ3n) is 7.98. The van der Waals surface area contributed by atoms with Crippen LogP contribution >= 0.6 is 0 Å². The second-order valence-electron chi connectivity index (χ2n) is 10.4. The van der Waals surface area contributed by atoms with Crippen molar-refractivity contribution in [3.8, 4) is 5.75 Å². The highest BCUT2D eigenvalue weighted by Gasteiger charge is 2.46. The van der Waals surface area contributed by atoms with Gasteiger partial charge in [-0.1, -0.05) is 31.4 Å². The first kappa shape index (κ1) is 28.5. The number of benzene rings is 1. The Kier molecular flexibility index (Phi) is 10.8. The molecule has 194 valence electrons. The van der Waals surface area contributed by atoms with E-state index in [1.807, 2.05) is 20.9 Å². The molecule has 0 spiro atoms. The van der Waals surface area contributed by atoms with E-state index in [-0.39, 0.29) is 23.6 Å². The van der Waals surface area contributed by atoms with Gasteiger partial charge in [-0.15, -0.1) is 0 Å². The van der Waals surface area contributed by atoms with Crippen molar-refractivity contribution in [1.82, 2.24) is 5.32 Å². The summed E-state index contributed by atoms with van der Waals surface area (Å²) in [7, 11) is 3.28. The van der Waals surface area contributed by atoms with Crippen LogP contribution in [-0.2, 0) is 9.53 Å². The van der Waals surface area contributed by atoms with Crippen LogP contribution in [0.2, 0.25) is 0 Å². The van der Waals surface area contributed by atoms with Crippen molar-refractivity contribution >= 4 is 5.97 Å². The molecule has 0 saturated heterocycles. The van der Waals surface area contributed by atoms with Crippen LogP contribution in [0.3, 0.4) is 0 Å². The SMILES string of the molecule is CNC(C)(CCC1C(O)CC(O)C1CCCCCCC(=O)OC)C(C)(C)Oc1ccccc1F. The standard InChI is InChI=1S/C27H44FNO5/c1-26(2,34-24-14-11-10-13-21(24)28)27(3,29-4)17-16-20-19(22(30)18-23(20)31)12-8-6-7-9-15-25(32)33-5/h10-11,13-14,19-20,22-23,29-31H,6-9,12,15-18H2,1-5H3. The van der Waals surface area contributed by atoms with Gasteiger partial charge < -0.3 is 25.0 Å². The number of aliphatic hydroxyl groups excluding tert-OH is 2. The lowest BCUT2D eigenvalue weighted by Gasteiger charge is -2.45. The first-order valence-corrected chi connectivity index (χ1v) is 12.6. The highest BCUT2D eigenvalue weighted by molar-refractivity contribution is 5.68. The molecule has 1 aliphatic rings. The molecule has 34 heavy (non-hydrogen) atoms. The molecule has 0 aliphatic heterocycles. The van der Waals surface area contributed by atoms with Crippen molar-refractivity contribution in [2.75, 3.05) is 14.2 Å². The normalized spacial score (nSPS) is 24.6. The van der Waals surface area contributed by atoms with E-state index in [9.17, 15) is 19.4 Å². The first-order valence-electron chi connectivity index (χ1n) is 12.6. The Morgan fingerprint density at radius 1 is 1.06 bits per heavy atom. The van der Waals surface area contributed by atoms with Gasteiger partial charge in [0.1, 0.15) is 5.60 Å². The van der Waals surface area contributed by atoms with Crippen LogP contribution < -0.4 is 10.1 Å². The van der Waals surface area contributed by atoms with E-state index in [1.165, 1.54) is 13.2 Å². The summed E-state index contributed by atoms with van der Waals surface area (Å²) in [6.45, 7) is 5.95. The molecule has 1 fully saturated rings. The van der Waals surface area contributed by atoms with E-state index in [0.717, 1.165) is 38.5 Å². The third-order valence-corrected chi connectivity index (χ3v) is 7.98. The average molecular weight is 482 g/mol. The summed E-state index contributed by atoms with van der Waals surface area (Å²) < 4.78 is 25.0. The molecule has 0 amide bonds. The van der Waals surface area contributed by atoms with Gasteiger partial charge in [0.25, 0.3) is 0 Å². The van der Waals surface area contributed by atoms with Crippen LogP contribution in [0, 0.1) is 17.7 Å². The van der Waals surface area contributed by atoms with Crippen LogP contribution in [-0.4, -0.2) is 53.7 Å². The van der Waals surface area contributed by atoms with E-state index >= 15 is 0 Å². The molecule has 0 aromatic heterocycles. The number of carbonyl (C=O) groups excluding carboxylic acids is 1. The lowest BCUT2D eigenvalue weighted by Crippen LogP contribution is -2.60. The number of para-hydroxylation sites is 1. The Hall–Kier alpha value is -1.70. The summed E-state index contributed by atoms with van der Waals surface area (Å²) in [4.78, 5) is 11.2. The summed E-state index contributed by atoms with van der Waals surface area (Å²) in [5.41, 5.74) is -1.21. The predicted molar refractivity (Wildman–Crippen MR) is 131 cm³/mol. The number of unbranched alkanes of at least 4 members (excludes halogenated alkanes) is 3. The lowest BCUT2D eigenvalue weighted by atomic mass is 9.76. The second kappa shape index (κ2) is 12.8. The number of carbonyl (C=O) groups is 1. The van der Waals surface area contributed by atoms with Gasteiger partial charge in [0, 0.05) is 6.42 Å². The highest BCUT2D eigenvalue weighted by atomic mass is 19.1. The van der Waals surface area contributed by atoms with Crippen LogP contribution in [0.25, 0.3) is 0 Å². The minimum absolute atomic E-state index is 0.00186. The fraction of sp³-hybridized carbons (Fsp3) is 0.741. The predicted octanol–water partition coefficient (Wildman–Crippen LogP) is 4.61. The molecule has 1 aromatic rings. The van der Waals surface area contributed by atoms with E-state index in [4.69, 9.17) is 4.74 Å². The molecule has 3 N–H and O–H groups in total. The first-order chi connectivity index (χ1) is 16.0. The fourth-order valence-corrected chi connectivity index (χ4v) is 5.18. The largest absolute Gasteiger partial charge is 0.483 e. The van der Waals surface area contributed by atoms with Gasteiger partial charge in [0.2, 0.25) is 0 Å². The number of ether oxygens (including phenoxy) is 2. The van der Waals surface area contributed by atoms with Gasteiger partial charge in [-0.05, 0) is 83.9 Å². The van der Waals surface area contributed by atoms with Crippen LogP contribution in [0.1, 0.15) is 78.6 Å². The topological polar surface area (TPSA) is 88.0 Å². The molecule has 1 saturated carbocycles. The number of esters is 1. The molecular weight excluding hydrogens is 437 g/mol. The van der Waals surface area contributed by atoms with Gasteiger partial charge in [-0.2, -0.15) is 0 Å². The van der Waals surface area contributed by atoms with Gasteiger partial charge in [0.05, 0.1) is 24.9 Å². The number of methoxy groups -OCH3 is 1. The molecule has 5 unspecified atom stereocenters. The Labute approximate surface area is 204 Å². The maximum Gasteiger partial charge on any atom is 0.305 e. The zero-order chi connectivity index (χ0) is 25.4. The molecule has 0 heterocycles. The number of hydrogen-bond donors (Lipinski definition) is 3. The molecule has 6 nitrogen and oxygen atoms in total. The second-order valence-corrected chi connectivity index (χ2v) is 10.4. The maximum atomic E-state index is 14.2. The zero-order valence-electron chi connectivity index (χ0n) is 21.5. The Morgan fingerprint density at radius 2 is 1.68 bits per heavy atom. The summed E-state index contributed by atoms with van der Waals surface area (Å²) in [6, 6.07) is 6.41. The number of hydrogen-bond acceptors (Lipinski definition) is 6. The number of nitrogens with one attached hydrogen (secondary N) is 1. The number of aliphatic hydroxyl groups is 2. The van der Waals surface area contributed by atoms with Crippen LogP contribution in [0.4, 0.5) is 4.39 Å². The summed E-state index contributed by atoms with van der Waals surface area (Å²) in [5.74, 6) is -0.302. The van der Waals surface area contributed by atoms with Crippen LogP contribution in [0.15, 0.2) is 24.3 Å². The molecule has 1 aromatic carbocycles. The van der Waals surface area contributed by atoms with E-state index in [2.05, 4.69) is 17.0 Å². The molecule has 7 heteroatoms. The quantitative estimate of drug-likeness (QED) is 0.266. The monoisotopic (exact) mass is 481 g/mol. The minimum Gasteiger partial charge on any atom is -0.483 e. The molecule has 0 radical (unpaired) electrons. The summed E-state index contributed by atoms with van der Waals surface area (Å²) >= 11 is 0. The van der Waals surface area contributed by atoms with E-state index in [0.29, 0.717) is 19.3 Å². The highest BCUT2D eigenvalue weighted by Crippen LogP contribution is 2.42. The van der Waals surface area contributed by atoms with Gasteiger partial charge in [-0.25, -0.2) is 4.39 Å². The van der Waals surface area contributed by atoms with Crippen molar-refractivity contribution in [3.05, 3.63) is 30.1 Å². The molecular formula is C27H44FNO5. The van der Waals surface area contributed by atoms with Crippen molar-refractivity contribution in [3.63, 3.8) is 0 Å². The number of likely N-dealkylation sites (N-methyl/N-ethyl adjacent to an activating group) is 1. The Bertz CT molecular complexity index is 773. The smallest absolute Gasteiger partial charge is 0.305 e. The maximum absolute atomic E-state index is 14.2. The zero-order valence-corrected chi connectivity index (χ0v) is 21.5. The Morgan fingerprint density at radius 3 is 2.29 bits per heavy atom. The number of halogens is 1. The van der Waals surface area contributed by atoms with Crippen molar-refractivity contribution in [2.24, 2.45) is 11.8 Å². The van der Waals surface area contributed by atoms with Crippen LogP contribution in [0.5, 0.6) is 5.75 Å². The van der Waals surface area contributed by atoms with Gasteiger partial charge in [-0.3, -0.25) is 4.79 Å². The van der Waals surface area contributed by atoms with Crippen molar-refractivity contribution < 1.29 is 28.9 Å². The van der Waals surface area contributed by atoms with Gasteiger partial charge >= 0.3 is 5.97 Å². The van der Waals surface area contributed by atoms with E-state index < -0.39 is 29.2 Å².